The summed E-state index contributed by atoms with van der Waals surface area (Å²) in [5.74, 6) is 1.01. The van der Waals surface area contributed by atoms with Crippen molar-refractivity contribution in [1.82, 2.24) is 9.55 Å². The maximum absolute atomic E-state index is 10.6. The van der Waals surface area contributed by atoms with E-state index in [0.29, 0.717) is 6.61 Å². The van der Waals surface area contributed by atoms with E-state index in [1.54, 1.807) is 24.3 Å². The summed E-state index contributed by atoms with van der Waals surface area (Å²) in [5.41, 5.74) is 0.773. The van der Waals surface area contributed by atoms with Crippen molar-refractivity contribution in [1.29, 1.82) is 0 Å². The van der Waals surface area contributed by atoms with Crippen LogP contribution in [0.3, 0.4) is 0 Å². The summed E-state index contributed by atoms with van der Waals surface area (Å²) >= 11 is 0. The van der Waals surface area contributed by atoms with E-state index < -0.39 is 5.97 Å². The summed E-state index contributed by atoms with van der Waals surface area (Å²) in [4.78, 5) is 14.9. The third kappa shape index (κ3) is 4.63. The van der Waals surface area contributed by atoms with Crippen molar-refractivity contribution in [3.63, 3.8) is 0 Å². The van der Waals surface area contributed by atoms with Gasteiger partial charge in [-0.25, -0.2) is 4.98 Å². The van der Waals surface area contributed by atoms with Crippen LogP contribution >= 0.6 is 0 Å². The Kier molecular flexibility index (Phi) is 5.37. The van der Waals surface area contributed by atoms with Crippen LogP contribution in [0.4, 0.5) is 0 Å². The van der Waals surface area contributed by atoms with E-state index in [2.05, 4.69) is 16.5 Å². The highest BCUT2D eigenvalue weighted by atomic mass is 16.5. The van der Waals surface area contributed by atoms with Gasteiger partial charge in [-0.15, -0.1) is 0 Å². The molecule has 0 spiro atoms. The van der Waals surface area contributed by atoms with Crippen LogP contribution in [0.1, 0.15) is 24.7 Å². The van der Waals surface area contributed by atoms with E-state index in [-0.39, 0.29) is 6.42 Å². The van der Waals surface area contributed by atoms with Crippen molar-refractivity contribution < 1.29 is 14.6 Å². The predicted molar refractivity (Wildman–Crippen MR) is 79.5 cm³/mol. The minimum absolute atomic E-state index is 0.0374. The Morgan fingerprint density at radius 3 is 2.76 bits per heavy atom. The quantitative estimate of drug-likeness (QED) is 0.810. The number of hydrogen-bond donors (Lipinski definition) is 1. The molecule has 0 aliphatic heterocycles. The summed E-state index contributed by atoms with van der Waals surface area (Å²) in [7, 11) is 0. The number of benzene rings is 1. The van der Waals surface area contributed by atoms with Gasteiger partial charge >= 0.3 is 5.97 Å². The molecule has 1 aromatic heterocycles. The van der Waals surface area contributed by atoms with Crippen LogP contribution in [-0.2, 0) is 24.2 Å². The van der Waals surface area contributed by atoms with Crippen molar-refractivity contribution in [3.8, 4) is 5.75 Å². The van der Waals surface area contributed by atoms with Gasteiger partial charge in [0.2, 0.25) is 0 Å². The normalized spacial score (nSPS) is 10.5. The second-order valence-electron chi connectivity index (χ2n) is 4.85. The minimum atomic E-state index is -0.827. The number of carboxylic acids is 1. The molecular weight excluding hydrogens is 268 g/mol. The summed E-state index contributed by atoms with van der Waals surface area (Å²) in [6.07, 6.45) is 5.85. The van der Waals surface area contributed by atoms with Crippen LogP contribution in [-0.4, -0.2) is 27.2 Å². The fourth-order valence-electron chi connectivity index (χ4n) is 2.14. The van der Waals surface area contributed by atoms with Gasteiger partial charge in [-0.3, -0.25) is 4.79 Å². The zero-order valence-corrected chi connectivity index (χ0v) is 12.2. The molecule has 1 heterocycles. The Labute approximate surface area is 124 Å². The van der Waals surface area contributed by atoms with E-state index in [9.17, 15) is 4.79 Å². The summed E-state index contributed by atoms with van der Waals surface area (Å²) in [6, 6.07) is 7.17. The third-order valence-corrected chi connectivity index (χ3v) is 3.15. The second-order valence-corrected chi connectivity index (χ2v) is 4.85. The monoisotopic (exact) mass is 288 g/mol. The Hall–Kier alpha value is -2.30. The molecule has 0 saturated carbocycles. The number of hydrogen-bond acceptors (Lipinski definition) is 3. The number of imidazole rings is 1. The number of carbonyl (C=O) groups is 1. The first-order chi connectivity index (χ1) is 10.2. The lowest BCUT2D eigenvalue weighted by Gasteiger charge is -2.09. The SMILES string of the molecule is CCCc1nccn1CCOc1ccc(CC(=O)O)cc1. The first-order valence-corrected chi connectivity index (χ1v) is 7.12. The van der Waals surface area contributed by atoms with Gasteiger partial charge in [-0.05, 0) is 24.1 Å². The molecule has 2 rings (SSSR count). The van der Waals surface area contributed by atoms with Gasteiger partial charge in [0.05, 0.1) is 13.0 Å². The van der Waals surface area contributed by atoms with E-state index in [1.807, 2.05) is 12.4 Å². The van der Waals surface area contributed by atoms with Crippen LogP contribution in [0.25, 0.3) is 0 Å². The van der Waals surface area contributed by atoms with Crippen LogP contribution in [0, 0.1) is 0 Å². The number of ether oxygens (including phenoxy) is 1. The Morgan fingerprint density at radius 2 is 2.10 bits per heavy atom. The molecule has 0 bridgehead atoms. The molecule has 0 aliphatic carbocycles. The molecule has 0 fully saturated rings. The molecule has 0 atom stereocenters. The molecule has 112 valence electrons. The fourth-order valence-corrected chi connectivity index (χ4v) is 2.14. The Morgan fingerprint density at radius 1 is 1.33 bits per heavy atom. The van der Waals surface area contributed by atoms with Gasteiger partial charge in [0.1, 0.15) is 18.2 Å². The number of carboxylic acid groups (broad SMARTS) is 1. The maximum atomic E-state index is 10.6. The van der Waals surface area contributed by atoms with E-state index in [0.717, 1.165) is 36.5 Å². The predicted octanol–water partition coefficient (Wildman–Crippen LogP) is 2.54. The first kappa shape index (κ1) is 15.1. The smallest absolute Gasteiger partial charge is 0.307 e. The van der Waals surface area contributed by atoms with Gasteiger partial charge in [-0.1, -0.05) is 19.1 Å². The van der Waals surface area contributed by atoms with E-state index in [1.165, 1.54) is 0 Å². The van der Waals surface area contributed by atoms with Crippen LogP contribution < -0.4 is 4.74 Å². The zero-order chi connectivity index (χ0) is 15.1. The molecule has 5 heteroatoms. The number of aliphatic carboxylic acids is 1. The molecule has 0 aliphatic rings. The van der Waals surface area contributed by atoms with Gasteiger partial charge in [0.15, 0.2) is 0 Å². The van der Waals surface area contributed by atoms with Crippen LogP contribution in [0.2, 0.25) is 0 Å². The van der Waals surface area contributed by atoms with Gasteiger partial charge < -0.3 is 14.4 Å². The average molecular weight is 288 g/mol. The molecule has 21 heavy (non-hydrogen) atoms. The highest BCUT2D eigenvalue weighted by molar-refractivity contribution is 5.70. The first-order valence-electron chi connectivity index (χ1n) is 7.12. The molecule has 0 unspecified atom stereocenters. The van der Waals surface area contributed by atoms with Crippen molar-refractivity contribution in [3.05, 3.63) is 48.0 Å². The molecule has 0 radical (unpaired) electrons. The molecule has 2 aromatic rings. The summed E-state index contributed by atoms with van der Waals surface area (Å²) < 4.78 is 7.78. The van der Waals surface area contributed by atoms with Crippen molar-refractivity contribution in [2.75, 3.05) is 6.61 Å². The fraction of sp³-hybridized carbons (Fsp3) is 0.375. The standard InChI is InChI=1S/C16H20N2O3/c1-2-3-15-17-8-9-18(15)10-11-21-14-6-4-13(5-7-14)12-16(19)20/h4-9H,2-3,10-12H2,1H3,(H,19,20). The summed E-state index contributed by atoms with van der Waals surface area (Å²) in [6.45, 7) is 3.45. The third-order valence-electron chi connectivity index (χ3n) is 3.15. The largest absolute Gasteiger partial charge is 0.492 e. The number of nitrogens with zero attached hydrogens (tertiary/aromatic N) is 2. The Balaban J connectivity index is 1.83. The number of aromatic nitrogens is 2. The zero-order valence-electron chi connectivity index (χ0n) is 12.2. The lowest BCUT2D eigenvalue weighted by atomic mass is 10.1. The second kappa shape index (κ2) is 7.47. The van der Waals surface area contributed by atoms with E-state index >= 15 is 0 Å². The van der Waals surface area contributed by atoms with Gasteiger partial charge in [0.25, 0.3) is 0 Å². The van der Waals surface area contributed by atoms with Gasteiger partial charge in [0, 0.05) is 18.8 Å². The lowest BCUT2D eigenvalue weighted by Crippen LogP contribution is -2.10. The Bertz CT molecular complexity index is 575. The molecule has 5 nitrogen and oxygen atoms in total. The van der Waals surface area contributed by atoms with Crippen molar-refractivity contribution in [2.45, 2.75) is 32.7 Å². The highest BCUT2D eigenvalue weighted by Gasteiger charge is 2.03. The van der Waals surface area contributed by atoms with E-state index in [4.69, 9.17) is 9.84 Å². The highest BCUT2D eigenvalue weighted by Crippen LogP contribution is 2.13. The molecular formula is C16H20N2O3. The van der Waals surface area contributed by atoms with Crippen molar-refractivity contribution >= 4 is 5.97 Å². The van der Waals surface area contributed by atoms with Crippen molar-refractivity contribution in [2.24, 2.45) is 0 Å². The number of rotatable bonds is 8. The van der Waals surface area contributed by atoms with Gasteiger partial charge in [-0.2, -0.15) is 0 Å². The average Bonchev–Trinajstić information content (AvgIpc) is 2.88. The molecule has 1 N–H and O–H groups in total. The van der Waals surface area contributed by atoms with Crippen LogP contribution in [0.5, 0.6) is 5.75 Å². The summed E-state index contributed by atoms with van der Waals surface area (Å²) in [5, 5.41) is 8.71. The molecule has 0 amide bonds. The minimum Gasteiger partial charge on any atom is -0.492 e. The molecule has 1 aromatic carbocycles. The maximum Gasteiger partial charge on any atom is 0.307 e. The number of aryl methyl sites for hydroxylation is 1. The van der Waals surface area contributed by atoms with Crippen LogP contribution in [0.15, 0.2) is 36.7 Å². The lowest BCUT2D eigenvalue weighted by molar-refractivity contribution is -0.136. The molecule has 0 saturated heterocycles. The topological polar surface area (TPSA) is 64.4 Å².